The molecule has 0 amide bonds. The molecule has 1 aromatic heterocycles. The first-order valence-electron chi connectivity index (χ1n) is 3.61. The van der Waals surface area contributed by atoms with Crippen molar-refractivity contribution in [3.8, 4) is 0 Å². The van der Waals surface area contributed by atoms with Crippen molar-refractivity contribution in [2.75, 3.05) is 19.5 Å². The van der Waals surface area contributed by atoms with Crippen molar-refractivity contribution in [1.29, 1.82) is 0 Å². The molecule has 0 aliphatic rings. The summed E-state index contributed by atoms with van der Waals surface area (Å²) < 4.78 is 6.17. The summed E-state index contributed by atoms with van der Waals surface area (Å²) in [4.78, 5) is 9.79. The highest BCUT2D eigenvalue weighted by Gasteiger charge is 2.15. The molecule has 0 bridgehead atoms. The molecule has 0 unspecified atom stereocenters. The second-order valence-corrected chi connectivity index (χ2v) is 2.41. The summed E-state index contributed by atoms with van der Waals surface area (Å²) in [6.07, 6.45) is 1.29. The largest absolute Gasteiger partial charge is 0.383 e. The van der Waals surface area contributed by atoms with Crippen LogP contribution in [-0.2, 0) is 11.3 Å². The molecule has 0 aliphatic heterocycles. The van der Waals surface area contributed by atoms with E-state index >= 15 is 0 Å². The molecule has 72 valence electrons. The molecular formula is C6H10N4O3. The van der Waals surface area contributed by atoms with Gasteiger partial charge in [-0.25, -0.2) is 0 Å². The van der Waals surface area contributed by atoms with Crippen LogP contribution in [0.5, 0.6) is 0 Å². The number of hydrogen-bond donors (Lipinski definition) is 1. The van der Waals surface area contributed by atoms with E-state index in [1.807, 2.05) is 0 Å². The Morgan fingerprint density at radius 2 is 2.54 bits per heavy atom. The summed E-state index contributed by atoms with van der Waals surface area (Å²) >= 11 is 0. The zero-order valence-corrected chi connectivity index (χ0v) is 7.14. The predicted octanol–water partition coefficient (Wildman–Crippen LogP) is 0.0199. The van der Waals surface area contributed by atoms with Gasteiger partial charge >= 0.3 is 5.69 Å². The van der Waals surface area contributed by atoms with Crippen LogP contribution in [0, 0.1) is 10.1 Å². The molecular weight excluding hydrogens is 176 g/mol. The number of nitrogens with zero attached hydrogens (tertiary/aromatic N) is 3. The number of anilines is 1. The van der Waals surface area contributed by atoms with E-state index in [2.05, 4.69) is 5.10 Å². The number of hydrogen-bond acceptors (Lipinski definition) is 5. The third kappa shape index (κ3) is 2.15. The van der Waals surface area contributed by atoms with Gasteiger partial charge in [-0.15, -0.1) is 5.10 Å². The Balaban J connectivity index is 2.76. The Bertz CT molecular complexity index is 309. The van der Waals surface area contributed by atoms with Gasteiger partial charge in [0.15, 0.2) is 0 Å². The minimum atomic E-state index is -0.564. The maximum absolute atomic E-state index is 10.3. The van der Waals surface area contributed by atoms with Crippen LogP contribution in [0.3, 0.4) is 0 Å². The van der Waals surface area contributed by atoms with Crippen molar-refractivity contribution < 1.29 is 9.66 Å². The first-order chi connectivity index (χ1) is 6.15. The van der Waals surface area contributed by atoms with Gasteiger partial charge in [0.2, 0.25) is 5.82 Å². The summed E-state index contributed by atoms with van der Waals surface area (Å²) in [6, 6.07) is 0. The van der Waals surface area contributed by atoms with E-state index < -0.39 is 4.92 Å². The zero-order valence-electron chi connectivity index (χ0n) is 7.14. The van der Waals surface area contributed by atoms with Gasteiger partial charge in [-0.3, -0.25) is 14.8 Å². The molecule has 0 fully saturated rings. The van der Waals surface area contributed by atoms with Gasteiger partial charge in [0, 0.05) is 7.11 Å². The highest BCUT2D eigenvalue weighted by atomic mass is 16.6. The van der Waals surface area contributed by atoms with Crippen molar-refractivity contribution in [3.63, 3.8) is 0 Å². The van der Waals surface area contributed by atoms with E-state index in [1.165, 1.54) is 10.9 Å². The Labute approximate surface area is 74.2 Å². The van der Waals surface area contributed by atoms with E-state index in [1.54, 1.807) is 7.11 Å². The molecule has 0 aliphatic carbocycles. The van der Waals surface area contributed by atoms with Crippen molar-refractivity contribution in [2.24, 2.45) is 0 Å². The minimum Gasteiger partial charge on any atom is -0.383 e. The molecule has 7 heteroatoms. The lowest BCUT2D eigenvalue weighted by atomic mass is 10.5. The van der Waals surface area contributed by atoms with E-state index in [-0.39, 0.29) is 11.5 Å². The van der Waals surface area contributed by atoms with Crippen LogP contribution in [0.2, 0.25) is 0 Å². The maximum atomic E-state index is 10.3. The van der Waals surface area contributed by atoms with Gasteiger partial charge in [0.25, 0.3) is 0 Å². The van der Waals surface area contributed by atoms with Crippen LogP contribution >= 0.6 is 0 Å². The molecule has 0 saturated carbocycles. The molecule has 0 atom stereocenters. The molecule has 7 nitrogen and oxygen atoms in total. The number of methoxy groups -OCH3 is 1. The summed E-state index contributed by atoms with van der Waals surface area (Å²) in [6.45, 7) is 0.896. The molecule has 1 rings (SSSR count). The van der Waals surface area contributed by atoms with Gasteiger partial charge in [-0.2, -0.15) is 0 Å². The Hall–Kier alpha value is -1.63. The molecule has 0 spiro atoms. The molecule has 13 heavy (non-hydrogen) atoms. The third-order valence-electron chi connectivity index (χ3n) is 1.49. The Morgan fingerprint density at radius 3 is 3.00 bits per heavy atom. The fourth-order valence-corrected chi connectivity index (χ4v) is 0.866. The van der Waals surface area contributed by atoms with E-state index in [0.29, 0.717) is 13.2 Å². The smallest absolute Gasteiger partial charge is 0.330 e. The number of nitro groups is 1. The van der Waals surface area contributed by atoms with Crippen LogP contribution in [0.1, 0.15) is 0 Å². The highest BCUT2D eigenvalue weighted by molar-refractivity contribution is 5.50. The van der Waals surface area contributed by atoms with Crippen molar-refractivity contribution >= 4 is 11.5 Å². The lowest BCUT2D eigenvalue weighted by Gasteiger charge is -1.96. The van der Waals surface area contributed by atoms with Crippen LogP contribution < -0.4 is 5.73 Å². The summed E-state index contributed by atoms with van der Waals surface area (Å²) in [7, 11) is 1.54. The van der Waals surface area contributed by atoms with Crippen molar-refractivity contribution in [3.05, 3.63) is 16.3 Å². The summed E-state index contributed by atoms with van der Waals surface area (Å²) in [5, 5.41) is 14.1. The molecule has 1 aromatic rings. The summed E-state index contributed by atoms with van der Waals surface area (Å²) in [5.41, 5.74) is 5.13. The van der Waals surface area contributed by atoms with E-state index in [9.17, 15) is 10.1 Å². The number of rotatable bonds is 4. The predicted molar refractivity (Wildman–Crippen MR) is 45.2 cm³/mol. The number of ether oxygens (including phenoxy) is 1. The summed E-state index contributed by atoms with van der Waals surface area (Å²) in [5.74, 6) is -0.0684. The van der Waals surface area contributed by atoms with Gasteiger partial charge in [-0.1, -0.05) is 0 Å². The molecule has 1 heterocycles. The fourth-order valence-electron chi connectivity index (χ4n) is 0.866. The van der Waals surface area contributed by atoms with Crippen LogP contribution in [0.25, 0.3) is 0 Å². The first kappa shape index (κ1) is 9.46. The maximum Gasteiger partial charge on any atom is 0.330 e. The SMILES string of the molecule is COCCn1cc([N+](=O)[O-])c(N)n1. The standard InChI is InChI=1S/C6H10N4O3/c1-13-3-2-9-4-5(10(11)12)6(7)8-9/h4H,2-3H2,1H3,(H2,7,8). The lowest BCUT2D eigenvalue weighted by molar-refractivity contribution is -0.384. The average Bonchev–Trinajstić information content (AvgIpc) is 2.43. The quantitative estimate of drug-likeness (QED) is 0.528. The molecule has 2 N–H and O–H groups in total. The van der Waals surface area contributed by atoms with Gasteiger partial charge in [0.1, 0.15) is 6.20 Å². The minimum absolute atomic E-state index is 0.0684. The normalized spacial score (nSPS) is 10.2. The fraction of sp³-hybridized carbons (Fsp3) is 0.500. The number of nitrogen functional groups attached to an aromatic ring is 1. The van der Waals surface area contributed by atoms with Crippen molar-refractivity contribution in [2.45, 2.75) is 6.54 Å². The molecule has 0 saturated heterocycles. The van der Waals surface area contributed by atoms with Gasteiger partial charge in [-0.05, 0) is 0 Å². The number of nitrogens with two attached hydrogens (primary N) is 1. The second-order valence-electron chi connectivity index (χ2n) is 2.41. The van der Waals surface area contributed by atoms with Crippen LogP contribution in [-0.4, -0.2) is 28.4 Å². The van der Waals surface area contributed by atoms with E-state index in [4.69, 9.17) is 10.5 Å². The highest BCUT2D eigenvalue weighted by Crippen LogP contribution is 2.17. The second kappa shape index (κ2) is 3.85. The zero-order chi connectivity index (χ0) is 9.84. The lowest BCUT2D eigenvalue weighted by Crippen LogP contribution is -2.04. The van der Waals surface area contributed by atoms with Crippen LogP contribution in [0.15, 0.2) is 6.20 Å². The Morgan fingerprint density at radius 1 is 1.85 bits per heavy atom. The molecule has 0 radical (unpaired) electrons. The van der Waals surface area contributed by atoms with E-state index in [0.717, 1.165) is 0 Å². The first-order valence-corrected chi connectivity index (χ1v) is 3.61. The molecule has 0 aromatic carbocycles. The monoisotopic (exact) mass is 186 g/mol. The van der Waals surface area contributed by atoms with Gasteiger partial charge < -0.3 is 10.5 Å². The topological polar surface area (TPSA) is 96.2 Å². The van der Waals surface area contributed by atoms with Crippen molar-refractivity contribution in [1.82, 2.24) is 9.78 Å². The van der Waals surface area contributed by atoms with Crippen LogP contribution in [0.4, 0.5) is 11.5 Å². The van der Waals surface area contributed by atoms with Gasteiger partial charge in [0.05, 0.1) is 18.1 Å². The average molecular weight is 186 g/mol. The number of aromatic nitrogens is 2. The Kier molecular flexibility index (Phi) is 2.80. The third-order valence-corrected chi connectivity index (χ3v) is 1.49.